The van der Waals surface area contributed by atoms with Crippen LogP contribution in [-0.2, 0) is 14.3 Å². The van der Waals surface area contributed by atoms with E-state index in [2.05, 4.69) is 17.9 Å². The number of ether oxygens (including phenoxy) is 1. The maximum Gasteiger partial charge on any atom is 0.314 e. The van der Waals surface area contributed by atoms with E-state index in [9.17, 15) is 14.7 Å². The van der Waals surface area contributed by atoms with Crippen molar-refractivity contribution in [1.82, 2.24) is 0 Å². The molecule has 0 radical (unpaired) electrons. The SMILES string of the molecule is [NH3+]CCCC[C@H](C(=O)[O-])C(=O)OCC1c2ccccc2-c2ccccc21. The van der Waals surface area contributed by atoms with Gasteiger partial charge in [-0.25, -0.2) is 0 Å². The summed E-state index contributed by atoms with van der Waals surface area (Å²) in [6.45, 7) is 0.844. The predicted octanol–water partition coefficient (Wildman–Crippen LogP) is 1.12. The Labute approximate surface area is 152 Å². The highest BCUT2D eigenvalue weighted by molar-refractivity contribution is 5.93. The van der Waals surface area contributed by atoms with Crippen LogP contribution in [-0.4, -0.2) is 25.1 Å². The van der Waals surface area contributed by atoms with Crippen LogP contribution < -0.4 is 10.8 Å². The molecule has 0 fully saturated rings. The van der Waals surface area contributed by atoms with E-state index in [1.54, 1.807) is 0 Å². The molecule has 2 aromatic rings. The van der Waals surface area contributed by atoms with Crippen LogP contribution in [0.2, 0.25) is 0 Å². The molecule has 0 bridgehead atoms. The number of hydrogen-bond donors (Lipinski definition) is 1. The molecule has 3 N–H and O–H groups in total. The Balaban J connectivity index is 1.73. The Hall–Kier alpha value is -2.66. The Morgan fingerprint density at radius 2 is 1.58 bits per heavy atom. The third kappa shape index (κ3) is 3.63. The van der Waals surface area contributed by atoms with E-state index < -0.39 is 17.9 Å². The summed E-state index contributed by atoms with van der Waals surface area (Å²) in [7, 11) is 0. The summed E-state index contributed by atoms with van der Waals surface area (Å²) in [6, 6.07) is 16.1. The minimum atomic E-state index is -1.37. The van der Waals surface area contributed by atoms with Crippen LogP contribution in [0.15, 0.2) is 48.5 Å². The number of carbonyl (C=O) groups is 2. The standard InChI is InChI=1S/C21H23NO4/c22-12-6-5-11-18(20(23)24)21(25)26-13-19-16-9-3-1-7-14(16)15-8-2-4-10-17(15)19/h1-4,7-10,18-19H,5-6,11-13,22H2,(H,23,24)/t18-/m1/s1. The fraction of sp³-hybridized carbons (Fsp3) is 0.333. The molecule has 3 rings (SSSR count). The lowest BCUT2D eigenvalue weighted by molar-refractivity contribution is -0.368. The maximum atomic E-state index is 12.3. The summed E-state index contributed by atoms with van der Waals surface area (Å²) in [4.78, 5) is 23.6. The monoisotopic (exact) mass is 353 g/mol. The highest BCUT2D eigenvalue weighted by Gasteiger charge is 2.30. The van der Waals surface area contributed by atoms with Crippen molar-refractivity contribution in [2.24, 2.45) is 5.92 Å². The van der Waals surface area contributed by atoms with Gasteiger partial charge in [0.05, 0.1) is 18.4 Å². The molecule has 1 aliphatic carbocycles. The first-order valence-electron chi connectivity index (χ1n) is 8.98. The topological polar surface area (TPSA) is 94.1 Å². The van der Waals surface area contributed by atoms with Crippen molar-refractivity contribution in [3.05, 3.63) is 59.7 Å². The van der Waals surface area contributed by atoms with Crippen LogP contribution in [0.3, 0.4) is 0 Å². The van der Waals surface area contributed by atoms with Gasteiger partial charge in [-0.05, 0) is 41.5 Å². The van der Waals surface area contributed by atoms with Gasteiger partial charge >= 0.3 is 5.97 Å². The van der Waals surface area contributed by atoms with Gasteiger partial charge in [-0.15, -0.1) is 0 Å². The molecule has 0 unspecified atom stereocenters. The molecule has 0 saturated heterocycles. The number of quaternary nitrogens is 1. The fourth-order valence-corrected chi connectivity index (χ4v) is 3.56. The Kier molecular flexibility index (Phi) is 5.68. The molecule has 5 nitrogen and oxygen atoms in total. The lowest BCUT2D eigenvalue weighted by Crippen LogP contribution is -2.50. The van der Waals surface area contributed by atoms with Gasteiger partial charge in [-0.3, -0.25) is 4.79 Å². The van der Waals surface area contributed by atoms with Gasteiger partial charge in [0, 0.05) is 5.92 Å². The van der Waals surface area contributed by atoms with E-state index in [4.69, 9.17) is 4.74 Å². The number of fused-ring (bicyclic) bond motifs is 3. The number of carboxylic acids is 1. The molecule has 5 heteroatoms. The van der Waals surface area contributed by atoms with Gasteiger partial charge in [-0.1, -0.05) is 48.5 Å². The van der Waals surface area contributed by atoms with Crippen molar-refractivity contribution >= 4 is 11.9 Å². The van der Waals surface area contributed by atoms with Gasteiger partial charge in [0.1, 0.15) is 6.61 Å². The van der Waals surface area contributed by atoms with Crippen LogP contribution in [0.5, 0.6) is 0 Å². The van der Waals surface area contributed by atoms with Crippen LogP contribution in [0.25, 0.3) is 11.1 Å². The zero-order valence-corrected chi connectivity index (χ0v) is 14.6. The zero-order valence-electron chi connectivity index (χ0n) is 14.6. The summed E-state index contributed by atoms with van der Waals surface area (Å²) in [5, 5.41) is 11.3. The summed E-state index contributed by atoms with van der Waals surface area (Å²) in [5.41, 5.74) is 8.20. The largest absolute Gasteiger partial charge is 0.549 e. The van der Waals surface area contributed by atoms with Crippen LogP contribution >= 0.6 is 0 Å². The molecule has 0 amide bonds. The molecule has 1 atom stereocenters. The predicted molar refractivity (Wildman–Crippen MR) is 94.8 cm³/mol. The molecule has 136 valence electrons. The molecule has 26 heavy (non-hydrogen) atoms. The van der Waals surface area contributed by atoms with Crippen molar-refractivity contribution in [1.29, 1.82) is 0 Å². The second kappa shape index (κ2) is 8.15. The molecule has 0 aromatic heterocycles. The number of rotatable bonds is 8. The van der Waals surface area contributed by atoms with Crippen molar-refractivity contribution < 1.29 is 25.2 Å². The number of carboxylic acid groups (broad SMARTS) is 1. The number of benzene rings is 2. The van der Waals surface area contributed by atoms with E-state index >= 15 is 0 Å². The lowest BCUT2D eigenvalue weighted by Gasteiger charge is -2.19. The summed E-state index contributed by atoms with van der Waals surface area (Å²) >= 11 is 0. The number of unbranched alkanes of at least 4 members (excludes halogenated alkanes) is 1. The Morgan fingerprint density at radius 3 is 2.12 bits per heavy atom. The summed E-state index contributed by atoms with van der Waals surface area (Å²) in [6.07, 6.45) is 1.63. The summed E-state index contributed by atoms with van der Waals surface area (Å²) in [5.74, 6) is -3.37. The van der Waals surface area contributed by atoms with E-state index in [0.717, 1.165) is 28.7 Å². The van der Waals surface area contributed by atoms with Gasteiger partial charge in [0.15, 0.2) is 0 Å². The average molecular weight is 353 g/mol. The first kappa shape index (κ1) is 18.1. The minimum Gasteiger partial charge on any atom is -0.549 e. The Bertz CT molecular complexity index is 757. The van der Waals surface area contributed by atoms with Crippen molar-refractivity contribution in [2.45, 2.75) is 25.2 Å². The first-order chi connectivity index (χ1) is 12.6. The molecule has 0 aliphatic heterocycles. The number of carbonyl (C=O) groups excluding carboxylic acids is 2. The van der Waals surface area contributed by atoms with Crippen molar-refractivity contribution in [3.63, 3.8) is 0 Å². The van der Waals surface area contributed by atoms with Gasteiger partial charge < -0.3 is 20.4 Å². The second-order valence-electron chi connectivity index (χ2n) is 6.58. The quantitative estimate of drug-likeness (QED) is 0.437. The third-order valence-corrected chi connectivity index (χ3v) is 4.92. The fourth-order valence-electron chi connectivity index (χ4n) is 3.56. The van der Waals surface area contributed by atoms with Crippen LogP contribution in [0.1, 0.15) is 36.3 Å². The molecule has 0 saturated carbocycles. The molecular weight excluding hydrogens is 330 g/mol. The number of esters is 1. The van der Waals surface area contributed by atoms with E-state index in [1.165, 1.54) is 0 Å². The van der Waals surface area contributed by atoms with Crippen LogP contribution in [0.4, 0.5) is 0 Å². The zero-order chi connectivity index (χ0) is 18.5. The number of aliphatic carboxylic acids is 1. The van der Waals surface area contributed by atoms with E-state index in [-0.39, 0.29) is 18.9 Å². The Morgan fingerprint density at radius 1 is 1.00 bits per heavy atom. The minimum absolute atomic E-state index is 0.0754. The molecule has 2 aromatic carbocycles. The van der Waals surface area contributed by atoms with E-state index in [0.29, 0.717) is 13.0 Å². The summed E-state index contributed by atoms with van der Waals surface area (Å²) < 4.78 is 5.42. The molecular formula is C21H23NO4. The molecule has 0 spiro atoms. The molecule has 0 heterocycles. The average Bonchev–Trinajstić information content (AvgIpc) is 2.97. The van der Waals surface area contributed by atoms with Crippen molar-refractivity contribution in [2.75, 3.05) is 13.2 Å². The van der Waals surface area contributed by atoms with Crippen molar-refractivity contribution in [3.8, 4) is 11.1 Å². The number of hydrogen-bond acceptors (Lipinski definition) is 4. The highest BCUT2D eigenvalue weighted by atomic mass is 16.5. The first-order valence-corrected chi connectivity index (χ1v) is 8.98. The lowest BCUT2D eigenvalue weighted by atomic mass is 9.98. The molecule has 1 aliphatic rings. The third-order valence-electron chi connectivity index (χ3n) is 4.92. The van der Waals surface area contributed by atoms with Gasteiger partial charge in [0.25, 0.3) is 0 Å². The van der Waals surface area contributed by atoms with Crippen LogP contribution in [0, 0.1) is 5.92 Å². The second-order valence-corrected chi connectivity index (χ2v) is 6.58. The van der Waals surface area contributed by atoms with E-state index in [1.807, 2.05) is 36.4 Å². The smallest absolute Gasteiger partial charge is 0.314 e. The van der Waals surface area contributed by atoms with Gasteiger partial charge in [-0.2, -0.15) is 0 Å². The normalized spacial score (nSPS) is 13.7. The maximum absolute atomic E-state index is 12.3. The van der Waals surface area contributed by atoms with Gasteiger partial charge in [0.2, 0.25) is 0 Å². The highest BCUT2D eigenvalue weighted by Crippen LogP contribution is 2.44.